The van der Waals surface area contributed by atoms with Gasteiger partial charge in [0.1, 0.15) is 5.75 Å². The van der Waals surface area contributed by atoms with Crippen LogP contribution in [-0.2, 0) is 11.3 Å². The van der Waals surface area contributed by atoms with E-state index < -0.39 is 5.41 Å². The van der Waals surface area contributed by atoms with Crippen molar-refractivity contribution in [3.63, 3.8) is 0 Å². The predicted molar refractivity (Wildman–Crippen MR) is 108 cm³/mol. The third kappa shape index (κ3) is 4.54. The average molecular weight is 379 g/mol. The fourth-order valence-corrected chi connectivity index (χ4v) is 2.52. The molecule has 0 amide bonds. The van der Waals surface area contributed by atoms with E-state index in [1.807, 2.05) is 47.0 Å². The van der Waals surface area contributed by atoms with Gasteiger partial charge in [0.15, 0.2) is 5.82 Å². The maximum Gasteiger partial charge on any atom is 0.316 e. The van der Waals surface area contributed by atoms with Crippen LogP contribution in [0.3, 0.4) is 0 Å². The van der Waals surface area contributed by atoms with E-state index in [0.717, 1.165) is 16.8 Å². The van der Waals surface area contributed by atoms with Crippen molar-refractivity contribution in [2.45, 2.75) is 27.3 Å². The molecule has 0 N–H and O–H groups in total. The van der Waals surface area contributed by atoms with Crippen molar-refractivity contribution in [3.8, 4) is 17.1 Å². The standard InChI is InChI=1S/C21H25N5O2/c1-21(2,3)20(27)28-18-12-8-16(9-13-18)19-22-23-24-26(19)14-15-6-10-17(11-7-15)25(4)5/h6-13H,14H2,1-5H3. The number of tetrazole rings is 1. The van der Waals surface area contributed by atoms with E-state index in [1.54, 1.807) is 16.8 Å². The van der Waals surface area contributed by atoms with E-state index >= 15 is 0 Å². The van der Waals surface area contributed by atoms with Crippen LogP contribution in [0.4, 0.5) is 5.69 Å². The lowest BCUT2D eigenvalue weighted by atomic mass is 9.97. The van der Waals surface area contributed by atoms with Crippen molar-refractivity contribution in [2.24, 2.45) is 5.41 Å². The minimum Gasteiger partial charge on any atom is -0.426 e. The quantitative estimate of drug-likeness (QED) is 0.500. The molecular formula is C21H25N5O2. The summed E-state index contributed by atoms with van der Waals surface area (Å²) in [5.41, 5.74) is 2.55. The Morgan fingerprint density at radius 1 is 1.04 bits per heavy atom. The summed E-state index contributed by atoms with van der Waals surface area (Å²) in [4.78, 5) is 14.1. The molecule has 3 aromatic rings. The second kappa shape index (κ2) is 7.80. The number of anilines is 1. The van der Waals surface area contributed by atoms with Gasteiger partial charge >= 0.3 is 5.97 Å². The third-order valence-corrected chi connectivity index (χ3v) is 4.25. The molecule has 0 atom stereocenters. The van der Waals surface area contributed by atoms with Crippen molar-refractivity contribution < 1.29 is 9.53 Å². The van der Waals surface area contributed by atoms with Crippen LogP contribution in [0, 0.1) is 5.41 Å². The minimum atomic E-state index is -0.551. The van der Waals surface area contributed by atoms with E-state index in [-0.39, 0.29) is 5.97 Å². The molecule has 1 heterocycles. The van der Waals surface area contributed by atoms with Crippen LogP contribution in [0.15, 0.2) is 48.5 Å². The Morgan fingerprint density at radius 2 is 1.68 bits per heavy atom. The molecule has 1 aromatic heterocycles. The van der Waals surface area contributed by atoms with Crippen molar-refractivity contribution in [1.29, 1.82) is 0 Å². The average Bonchev–Trinajstić information content (AvgIpc) is 3.10. The zero-order valence-electron chi connectivity index (χ0n) is 16.9. The number of ether oxygens (including phenoxy) is 1. The highest BCUT2D eigenvalue weighted by atomic mass is 16.5. The molecular weight excluding hydrogens is 354 g/mol. The highest BCUT2D eigenvalue weighted by Gasteiger charge is 2.23. The third-order valence-electron chi connectivity index (χ3n) is 4.25. The first kappa shape index (κ1) is 19.5. The topological polar surface area (TPSA) is 73.1 Å². The monoisotopic (exact) mass is 379 g/mol. The van der Waals surface area contributed by atoms with Crippen LogP contribution in [0.25, 0.3) is 11.4 Å². The predicted octanol–water partition coefficient (Wildman–Crippen LogP) is 3.41. The first-order chi connectivity index (χ1) is 13.2. The molecule has 0 saturated heterocycles. The van der Waals surface area contributed by atoms with Gasteiger partial charge in [-0.15, -0.1) is 5.10 Å². The smallest absolute Gasteiger partial charge is 0.316 e. The Labute approximate surface area is 164 Å². The summed E-state index contributed by atoms with van der Waals surface area (Å²) in [6.45, 7) is 6.03. The number of nitrogens with zero attached hydrogens (tertiary/aromatic N) is 5. The molecule has 0 spiro atoms. The number of aromatic nitrogens is 4. The highest BCUT2D eigenvalue weighted by Crippen LogP contribution is 2.23. The lowest BCUT2D eigenvalue weighted by Gasteiger charge is -2.16. The number of hydrogen-bond acceptors (Lipinski definition) is 6. The summed E-state index contributed by atoms with van der Waals surface area (Å²) in [5.74, 6) is 0.888. The van der Waals surface area contributed by atoms with Crippen molar-refractivity contribution in [2.75, 3.05) is 19.0 Å². The first-order valence-corrected chi connectivity index (χ1v) is 9.09. The van der Waals surface area contributed by atoms with Gasteiger partial charge in [-0.05, 0) is 73.2 Å². The Bertz CT molecular complexity index is 938. The fourth-order valence-electron chi connectivity index (χ4n) is 2.52. The van der Waals surface area contributed by atoms with Gasteiger partial charge in [0.25, 0.3) is 0 Å². The van der Waals surface area contributed by atoms with Gasteiger partial charge in [0, 0.05) is 25.3 Å². The number of benzene rings is 2. The van der Waals surface area contributed by atoms with E-state index in [1.165, 1.54) is 0 Å². The van der Waals surface area contributed by atoms with E-state index in [9.17, 15) is 4.79 Å². The second-order valence-corrected chi connectivity index (χ2v) is 7.88. The molecule has 7 heteroatoms. The normalized spacial score (nSPS) is 11.3. The van der Waals surface area contributed by atoms with Gasteiger partial charge in [-0.2, -0.15) is 0 Å². The number of carbonyl (C=O) groups is 1. The fraction of sp³-hybridized carbons (Fsp3) is 0.333. The first-order valence-electron chi connectivity index (χ1n) is 9.09. The summed E-state index contributed by atoms with van der Waals surface area (Å²) in [5, 5.41) is 12.1. The Balaban J connectivity index is 1.75. The molecule has 0 saturated carbocycles. The number of hydrogen-bond donors (Lipinski definition) is 0. The second-order valence-electron chi connectivity index (χ2n) is 7.88. The number of esters is 1. The molecule has 7 nitrogen and oxygen atoms in total. The maximum absolute atomic E-state index is 12.0. The van der Waals surface area contributed by atoms with Crippen LogP contribution < -0.4 is 9.64 Å². The lowest BCUT2D eigenvalue weighted by Crippen LogP contribution is -2.25. The molecule has 0 aliphatic heterocycles. The van der Waals surface area contributed by atoms with Gasteiger partial charge in [0.2, 0.25) is 0 Å². The van der Waals surface area contributed by atoms with Crippen molar-refractivity contribution in [3.05, 3.63) is 54.1 Å². The Hall–Kier alpha value is -3.22. The molecule has 0 radical (unpaired) electrons. The van der Waals surface area contributed by atoms with Crippen molar-refractivity contribution in [1.82, 2.24) is 20.2 Å². The van der Waals surface area contributed by atoms with E-state index in [0.29, 0.717) is 18.1 Å². The minimum absolute atomic E-state index is 0.272. The largest absolute Gasteiger partial charge is 0.426 e. The molecule has 0 unspecified atom stereocenters. The van der Waals surface area contributed by atoms with Gasteiger partial charge in [-0.25, -0.2) is 4.68 Å². The zero-order chi connectivity index (χ0) is 20.3. The van der Waals surface area contributed by atoms with Gasteiger partial charge < -0.3 is 9.64 Å². The summed E-state index contributed by atoms with van der Waals surface area (Å²) < 4.78 is 7.16. The maximum atomic E-state index is 12.0. The molecule has 2 aromatic carbocycles. The van der Waals surface area contributed by atoms with Gasteiger partial charge in [-0.1, -0.05) is 12.1 Å². The Morgan fingerprint density at radius 3 is 2.25 bits per heavy atom. The molecule has 0 fully saturated rings. The van der Waals surface area contributed by atoms with E-state index in [2.05, 4.69) is 44.7 Å². The van der Waals surface area contributed by atoms with Crippen LogP contribution in [0.1, 0.15) is 26.3 Å². The molecule has 3 rings (SSSR count). The summed E-state index contributed by atoms with van der Waals surface area (Å²) in [6, 6.07) is 15.5. The van der Waals surface area contributed by atoms with Crippen molar-refractivity contribution >= 4 is 11.7 Å². The molecule has 28 heavy (non-hydrogen) atoms. The number of carbonyl (C=O) groups excluding carboxylic acids is 1. The Kier molecular flexibility index (Phi) is 5.44. The molecule has 0 aliphatic rings. The van der Waals surface area contributed by atoms with Gasteiger partial charge in [0.05, 0.1) is 12.0 Å². The molecule has 146 valence electrons. The lowest BCUT2D eigenvalue weighted by molar-refractivity contribution is -0.142. The van der Waals surface area contributed by atoms with Crippen LogP contribution in [0.5, 0.6) is 5.75 Å². The van der Waals surface area contributed by atoms with Gasteiger partial charge in [-0.3, -0.25) is 4.79 Å². The van der Waals surface area contributed by atoms with Crippen LogP contribution in [0.2, 0.25) is 0 Å². The summed E-state index contributed by atoms with van der Waals surface area (Å²) in [7, 11) is 4.02. The highest BCUT2D eigenvalue weighted by molar-refractivity contribution is 5.78. The number of rotatable bonds is 5. The summed E-state index contributed by atoms with van der Waals surface area (Å²) >= 11 is 0. The molecule has 0 bridgehead atoms. The van der Waals surface area contributed by atoms with Crippen LogP contribution >= 0.6 is 0 Å². The van der Waals surface area contributed by atoms with Crippen LogP contribution in [-0.4, -0.2) is 40.3 Å². The zero-order valence-corrected chi connectivity index (χ0v) is 16.9. The van der Waals surface area contributed by atoms with E-state index in [4.69, 9.17) is 4.74 Å². The SMILES string of the molecule is CN(C)c1ccc(Cn2nnnc2-c2ccc(OC(=O)C(C)(C)C)cc2)cc1. The summed E-state index contributed by atoms with van der Waals surface area (Å²) in [6.07, 6.45) is 0. The molecule has 0 aliphatic carbocycles.